The van der Waals surface area contributed by atoms with Crippen molar-refractivity contribution in [3.63, 3.8) is 0 Å². The number of carbonyl (C=O) groups excluding carboxylic acids is 1. The fourth-order valence-corrected chi connectivity index (χ4v) is 3.09. The highest BCUT2D eigenvalue weighted by molar-refractivity contribution is 6.04. The molecule has 0 aliphatic carbocycles. The lowest BCUT2D eigenvalue weighted by Crippen LogP contribution is -2.17. The van der Waals surface area contributed by atoms with Crippen molar-refractivity contribution in [2.75, 3.05) is 24.3 Å². The highest BCUT2D eigenvalue weighted by Gasteiger charge is 2.13. The fourth-order valence-electron chi connectivity index (χ4n) is 3.09. The van der Waals surface area contributed by atoms with Crippen molar-refractivity contribution in [2.24, 2.45) is 0 Å². The molecule has 0 radical (unpaired) electrons. The van der Waals surface area contributed by atoms with Crippen LogP contribution in [-0.2, 0) is 6.42 Å². The summed E-state index contributed by atoms with van der Waals surface area (Å²) in [6.07, 6.45) is 0.830. The van der Waals surface area contributed by atoms with E-state index in [-0.39, 0.29) is 5.91 Å². The third-order valence-electron chi connectivity index (χ3n) is 4.67. The van der Waals surface area contributed by atoms with E-state index in [1.54, 1.807) is 20.1 Å². The molecule has 3 rings (SSSR count). The van der Waals surface area contributed by atoms with Crippen LogP contribution in [0.4, 0.5) is 11.5 Å². The quantitative estimate of drug-likeness (QED) is 0.628. The van der Waals surface area contributed by atoms with E-state index >= 15 is 0 Å². The molecule has 0 aliphatic rings. The van der Waals surface area contributed by atoms with Gasteiger partial charge in [0.05, 0.1) is 7.11 Å². The zero-order valence-corrected chi connectivity index (χ0v) is 17.2. The second-order valence-corrected chi connectivity index (χ2v) is 6.93. The van der Waals surface area contributed by atoms with E-state index < -0.39 is 0 Å². The highest BCUT2D eigenvalue weighted by atomic mass is 16.5. The van der Waals surface area contributed by atoms with Crippen molar-refractivity contribution in [3.05, 3.63) is 76.7 Å². The van der Waals surface area contributed by atoms with Crippen molar-refractivity contribution >= 4 is 17.4 Å². The van der Waals surface area contributed by atoms with Crippen LogP contribution in [0.2, 0.25) is 0 Å². The van der Waals surface area contributed by atoms with Crippen LogP contribution in [0.25, 0.3) is 0 Å². The number of hydrogen-bond acceptors (Lipinski definition) is 5. The van der Waals surface area contributed by atoms with Crippen molar-refractivity contribution in [2.45, 2.75) is 27.2 Å². The average Bonchev–Trinajstić information content (AvgIpc) is 2.71. The fraction of sp³-hybridized carbons (Fsp3) is 0.261. The molecular formula is C23H26N4O2. The molecule has 6 heteroatoms. The largest absolute Gasteiger partial charge is 0.497 e. The second kappa shape index (κ2) is 9.19. The predicted molar refractivity (Wildman–Crippen MR) is 116 cm³/mol. The number of para-hydroxylation sites is 1. The lowest BCUT2D eigenvalue weighted by Gasteiger charge is -2.12. The summed E-state index contributed by atoms with van der Waals surface area (Å²) < 4.78 is 5.18. The maximum atomic E-state index is 12.7. The minimum absolute atomic E-state index is 0.244. The molecule has 1 heterocycles. The van der Waals surface area contributed by atoms with Crippen LogP contribution in [0.1, 0.15) is 33.0 Å². The number of anilines is 2. The van der Waals surface area contributed by atoms with Gasteiger partial charge in [0.2, 0.25) is 0 Å². The van der Waals surface area contributed by atoms with Gasteiger partial charge in [0, 0.05) is 18.3 Å². The molecule has 0 aliphatic heterocycles. The normalized spacial score (nSPS) is 10.5. The zero-order valence-electron chi connectivity index (χ0n) is 17.2. The Morgan fingerprint density at radius 1 is 1.00 bits per heavy atom. The summed E-state index contributed by atoms with van der Waals surface area (Å²) in [5.41, 5.74) is 4.39. The molecule has 0 spiro atoms. The van der Waals surface area contributed by atoms with Crippen molar-refractivity contribution in [1.82, 2.24) is 9.97 Å². The molecule has 1 amide bonds. The first-order chi connectivity index (χ1) is 14.0. The number of amides is 1. The molecule has 3 aromatic rings. The Morgan fingerprint density at radius 3 is 2.34 bits per heavy atom. The summed E-state index contributed by atoms with van der Waals surface area (Å²) >= 11 is 0. The summed E-state index contributed by atoms with van der Waals surface area (Å²) in [5, 5.41) is 6.26. The van der Waals surface area contributed by atoms with Crippen molar-refractivity contribution < 1.29 is 9.53 Å². The first-order valence-electron chi connectivity index (χ1n) is 9.56. The van der Waals surface area contributed by atoms with Crippen LogP contribution in [-0.4, -0.2) is 29.5 Å². The molecule has 0 saturated heterocycles. The Morgan fingerprint density at radius 2 is 1.69 bits per heavy atom. The van der Waals surface area contributed by atoms with E-state index in [4.69, 9.17) is 4.74 Å². The van der Waals surface area contributed by atoms with Gasteiger partial charge < -0.3 is 15.4 Å². The minimum atomic E-state index is -0.244. The van der Waals surface area contributed by atoms with Gasteiger partial charge in [-0.3, -0.25) is 4.79 Å². The number of nitrogens with zero attached hydrogens (tertiary/aromatic N) is 2. The van der Waals surface area contributed by atoms with E-state index in [1.165, 1.54) is 5.56 Å². The first kappa shape index (κ1) is 20.3. The number of carbonyl (C=O) groups is 1. The lowest BCUT2D eigenvalue weighted by atomic mass is 10.1. The molecule has 0 fully saturated rings. The molecule has 0 saturated carbocycles. The van der Waals surface area contributed by atoms with Gasteiger partial charge in [-0.1, -0.05) is 30.3 Å². The van der Waals surface area contributed by atoms with Gasteiger partial charge in [0.25, 0.3) is 5.91 Å². The smallest absolute Gasteiger partial charge is 0.274 e. The lowest BCUT2D eigenvalue weighted by molar-refractivity contribution is 0.102. The van der Waals surface area contributed by atoms with Gasteiger partial charge in [-0.15, -0.1) is 0 Å². The van der Waals surface area contributed by atoms with Crippen LogP contribution in [0.5, 0.6) is 5.75 Å². The molecule has 2 N–H and O–H groups in total. The molecule has 6 nitrogen and oxygen atoms in total. The van der Waals surface area contributed by atoms with Gasteiger partial charge >= 0.3 is 0 Å². The van der Waals surface area contributed by atoms with Crippen LogP contribution >= 0.6 is 0 Å². The van der Waals surface area contributed by atoms with E-state index in [9.17, 15) is 4.79 Å². The molecule has 0 unspecified atom stereocenters. The van der Waals surface area contributed by atoms with Crippen molar-refractivity contribution in [3.8, 4) is 5.75 Å². The van der Waals surface area contributed by atoms with Crippen LogP contribution in [0.3, 0.4) is 0 Å². The highest BCUT2D eigenvalue weighted by Crippen LogP contribution is 2.20. The number of benzene rings is 2. The molecule has 150 valence electrons. The zero-order chi connectivity index (χ0) is 20.8. The van der Waals surface area contributed by atoms with Crippen LogP contribution < -0.4 is 15.4 Å². The summed E-state index contributed by atoms with van der Waals surface area (Å²) in [5.74, 6) is 1.78. The van der Waals surface area contributed by atoms with Crippen LogP contribution in [0.15, 0.2) is 48.5 Å². The number of hydrogen-bond donors (Lipinski definition) is 2. The van der Waals surface area contributed by atoms with E-state index in [1.807, 2.05) is 56.3 Å². The number of methoxy groups -OCH3 is 1. The molecule has 2 aromatic carbocycles. The van der Waals surface area contributed by atoms with E-state index in [0.717, 1.165) is 29.0 Å². The number of rotatable bonds is 7. The Labute approximate surface area is 171 Å². The Balaban J connectivity index is 1.66. The summed E-state index contributed by atoms with van der Waals surface area (Å²) in [6, 6.07) is 15.6. The predicted octanol–water partition coefficient (Wildman–Crippen LogP) is 4.32. The van der Waals surface area contributed by atoms with Gasteiger partial charge in [-0.05, 0) is 56.0 Å². The maximum Gasteiger partial charge on any atom is 0.274 e. The molecular weight excluding hydrogens is 364 g/mol. The first-order valence-corrected chi connectivity index (χ1v) is 9.56. The number of aryl methyl sites for hydroxylation is 3. The monoisotopic (exact) mass is 390 g/mol. The average molecular weight is 390 g/mol. The molecule has 29 heavy (non-hydrogen) atoms. The molecule has 1 aromatic heterocycles. The summed E-state index contributed by atoms with van der Waals surface area (Å²) in [6.45, 7) is 6.42. The van der Waals surface area contributed by atoms with Gasteiger partial charge in [0.15, 0.2) is 0 Å². The maximum absolute atomic E-state index is 12.7. The Bertz CT molecular complexity index is 980. The van der Waals surface area contributed by atoms with Gasteiger partial charge in [-0.25, -0.2) is 9.97 Å². The second-order valence-electron chi connectivity index (χ2n) is 6.93. The topological polar surface area (TPSA) is 76.1 Å². The van der Waals surface area contributed by atoms with Crippen molar-refractivity contribution in [1.29, 1.82) is 0 Å². The summed E-state index contributed by atoms with van der Waals surface area (Å²) in [7, 11) is 1.65. The molecule has 0 atom stereocenters. The number of ether oxygens (including phenoxy) is 1. The van der Waals surface area contributed by atoms with E-state index in [2.05, 4.69) is 20.6 Å². The number of aromatic nitrogens is 2. The summed E-state index contributed by atoms with van der Waals surface area (Å²) in [4.78, 5) is 21.4. The van der Waals surface area contributed by atoms with E-state index in [0.29, 0.717) is 23.9 Å². The Kier molecular flexibility index (Phi) is 6.44. The molecule has 0 bridgehead atoms. The third-order valence-corrected chi connectivity index (χ3v) is 4.67. The van der Waals surface area contributed by atoms with Gasteiger partial charge in [0.1, 0.15) is 23.1 Å². The van der Waals surface area contributed by atoms with Crippen LogP contribution in [0, 0.1) is 20.8 Å². The number of nitrogens with one attached hydrogen (secondary N) is 2. The SMILES string of the molecule is COc1ccc(CCNc2cc(C(=O)Nc3c(C)cccc3C)nc(C)n2)cc1. The standard InChI is InChI=1S/C23H26N4O2/c1-15-6-5-7-16(2)22(15)27-23(28)20-14-21(26-17(3)25-20)24-13-12-18-8-10-19(29-4)11-9-18/h5-11,14H,12-13H2,1-4H3,(H,27,28)(H,24,25,26). The Hall–Kier alpha value is -3.41. The third kappa shape index (κ3) is 5.31. The minimum Gasteiger partial charge on any atom is -0.497 e. The van der Waals surface area contributed by atoms with Gasteiger partial charge in [-0.2, -0.15) is 0 Å².